The van der Waals surface area contributed by atoms with Gasteiger partial charge in [0.2, 0.25) is 5.91 Å². The number of aromatic nitrogens is 4. The summed E-state index contributed by atoms with van der Waals surface area (Å²) in [4.78, 5) is 17.0. The second-order valence-electron chi connectivity index (χ2n) is 6.37. The Morgan fingerprint density at radius 2 is 2.00 bits per heavy atom. The van der Waals surface area contributed by atoms with Gasteiger partial charge in [-0.1, -0.05) is 18.2 Å². The van der Waals surface area contributed by atoms with Crippen LogP contribution in [0.4, 0.5) is 4.39 Å². The maximum atomic E-state index is 14.4. The van der Waals surface area contributed by atoms with E-state index >= 15 is 0 Å². The van der Waals surface area contributed by atoms with Crippen LogP contribution in [0.15, 0.2) is 36.7 Å². The van der Waals surface area contributed by atoms with Crippen molar-refractivity contribution in [1.82, 2.24) is 24.6 Å². The summed E-state index contributed by atoms with van der Waals surface area (Å²) in [6, 6.07) is 5.75. The quantitative estimate of drug-likeness (QED) is 0.764. The minimum atomic E-state index is -0.666. The van der Waals surface area contributed by atoms with Gasteiger partial charge >= 0.3 is 0 Å². The third-order valence-electron chi connectivity index (χ3n) is 4.63. The maximum absolute atomic E-state index is 14.4. The van der Waals surface area contributed by atoms with E-state index in [1.54, 1.807) is 39.8 Å². The maximum Gasteiger partial charge on any atom is 0.225 e. The molecular formula is C19H22FN5O. The highest BCUT2D eigenvalue weighted by Gasteiger charge is 2.24. The van der Waals surface area contributed by atoms with Gasteiger partial charge in [-0.3, -0.25) is 9.48 Å². The van der Waals surface area contributed by atoms with Crippen LogP contribution in [0.25, 0.3) is 0 Å². The fourth-order valence-corrected chi connectivity index (χ4v) is 3.09. The van der Waals surface area contributed by atoms with Crippen molar-refractivity contribution >= 4 is 5.91 Å². The van der Waals surface area contributed by atoms with Crippen LogP contribution in [-0.4, -0.2) is 25.2 Å². The molecule has 0 aliphatic rings. The number of halogens is 1. The van der Waals surface area contributed by atoms with Crippen molar-refractivity contribution in [3.63, 3.8) is 0 Å². The summed E-state index contributed by atoms with van der Waals surface area (Å²) in [6.45, 7) is 3.80. The van der Waals surface area contributed by atoms with Crippen LogP contribution in [0.2, 0.25) is 0 Å². The van der Waals surface area contributed by atoms with E-state index in [9.17, 15) is 9.18 Å². The molecule has 1 atom stereocenters. The summed E-state index contributed by atoms with van der Waals surface area (Å²) in [5.74, 6) is -0.0157. The number of hydrogen-bond donors (Lipinski definition) is 1. The molecule has 1 amide bonds. The summed E-state index contributed by atoms with van der Waals surface area (Å²) < 4.78 is 17.9. The number of benzene rings is 1. The predicted molar refractivity (Wildman–Crippen MR) is 96.0 cm³/mol. The van der Waals surface area contributed by atoms with E-state index < -0.39 is 6.04 Å². The lowest BCUT2D eigenvalue weighted by Gasteiger charge is -2.20. The molecule has 1 N–H and O–H groups in total. The van der Waals surface area contributed by atoms with Gasteiger partial charge in [0.15, 0.2) is 0 Å². The Hall–Kier alpha value is -2.96. The summed E-state index contributed by atoms with van der Waals surface area (Å²) in [6.07, 6.45) is 3.58. The zero-order chi connectivity index (χ0) is 18.8. The van der Waals surface area contributed by atoms with Crippen LogP contribution in [0, 0.1) is 19.7 Å². The molecular weight excluding hydrogens is 333 g/mol. The molecule has 0 spiro atoms. The van der Waals surface area contributed by atoms with E-state index in [1.807, 2.05) is 27.9 Å². The Labute approximate surface area is 151 Å². The van der Waals surface area contributed by atoms with Gasteiger partial charge in [0, 0.05) is 43.3 Å². The predicted octanol–water partition coefficient (Wildman–Crippen LogP) is 2.36. The van der Waals surface area contributed by atoms with Crippen molar-refractivity contribution in [3.05, 3.63) is 70.8 Å². The summed E-state index contributed by atoms with van der Waals surface area (Å²) >= 11 is 0. The van der Waals surface area contributed by atoms with Crippen molar-refractivity contribution in [2.24, 2.45) is 14.1 Å². The van der Waals surface area contributed by atoms with Gasteiger partial charge in [0.25, 0.3) is 0 Å². The molecule has 2 aromatic heterocycles. The van der Waals surface area contributed by atoms with Gasteiger partial charge in [-0.05, 0) is 19.9 Å². The Kier molecular flexibility index (Phi) is 4.88. The van der Waals surface area contributed by atoms with Crippen LogP contribution >= 0.6 is 0 Å². The topological polar surface area (TPSA) is 64.7 Å². The van der Waals surface area contributed by atoms with Gasteiger partial charge in [-0.2, -0.15) is 5.10 Å². The number of amides is 1. The van der Waals surface area contributed by atoms with E-state index in [-0.39, 0.29) is 18.1 Å². The molecule has 7 heteroatoms. The molecule has 0 unspecified atom stereocenters. The average molecular weight is 355 g/mol. The van der Waals surface area contributed by atoms with Crippen molar-refractivity contribution in [2.75, 3.05) is 0 Å². The van der Waals surface area contributed by atoms with Gasteiger partial charge in [-0.15, -0.1) is 0 Å². The van der Waals surface area contributed by atoms with E-state index in [4.69, 9.17) is 0 Å². The van der Waals surface area contributed by atoms with Crippen molar-refractivity contribution in [1.29, 1.82) is 0 Å². The molecule has 3 rings (SSSR count). The number of hydrogen-bond acceptors (Lipinski definition) is 3. The van der Waals surface area contributed by atoms with Crippen molar-refractivity contribution in [2.45, 2.75) is 26.3 Å². The number of nitrogens with one attached hydrogen (secondary N) is 1. The average Bonchev–Trinajstić information content (AvgIpc) is 3.12. The number of aryl methyl sites for hydroxylation is 3. The number of imidazole rings is 1. The van der Waals surface area contributed by atoms with Crippen molar-refractivity contribution < 1.29 is 9.18 Å². The monoisotopic (exact) mass is 355 g/mol. The summed E-state index contributed by atoms with van der Waals surface area (Å²) in [7, 11) is 3.66. The summed E-state index contributed by atoms with van der Waals surface area (Å²) in [5, 5.41) is 7.27. The normalized spacial score (nSPS) is 12.2. The number of carbonyl (C=O) groups excluding carboxylic acids is 1. The zero-order valence-corrected chi connectivity index (χ0v) is 15.3. The van der Waals surface area contributed by atoms with Crippen LogP contribution in [0.1, 0.15) is 34.4 Å². The second kappa shape index (κ2) is 7.11. The lowest BCUT2D eigenvalue weighted by Crippen LogP contribution is -2.33. The third-order valence-corrected chi connectivity index (χ3v) is 4.63. The molecule has 2 heterocycles. The zero-order valence-electron chi connectivity index (χ0n) is 15.3. The number of rotatable bonds is 5. The summed E-state index contributed by atoms with van der Waals surface area (Å²) in [5.41, 5.74) is 3.03. The first-order chi connectivity index (χ1) is 12.4. The molecule has 0 fully saturated rings. The minimum Gasteiger partial charge on any atom is -0.342 e. The van der Waals surface area contributed by atoms with Crippen LogP contribution in [0.3, 0.4) is 0 Å². The molecule has 0 aliphatic heterocycles. The third kappa shape index (κ3) is 3.37. The second-order valence-corrected chi connectivity index (χ2v) is 6.37. The van der Waals surface area contributed by atoms with Gasteiger partial charge in [0.1, 0.15) is 17.7 Å². The largest absolute Gasteiger partial charge is 0.342 e. The van der Waals surface area contributed by atoms with Crippen LogP contribution < -0.4 is 5.32 Å². The van der Waals surface area contributed by atoms with Crippen molar-refractivity contribution in [3.8, 4) is 0 Å². The molecule has 26 heavy (non-hydrogen) atoms. The fraction of sp³-hybridized carbons (Fsp3) is 0.316. The molecule has 3 aromatic rings. The highest BCUT2D eigenvalue weighted by atomic mass is 19.1. The van der Waals surface area contributed by atoms with E-state index in [1.165, 1.54) is 6.07 Å². The highest BCUT2D eigenvalue weighted by Crippen LogP contribution is 2.23. The number of carbonyl (C=O) groups is 1. The van der Waals surface area contributed by atoms with Gasteiger partial charge in [0.05, 0.1) is 12.1 Å². The smallest absolute Gasteiger partial charge is 0.225 e. The fourth-order valence-electron chi connectivity index (χ4n) is 3.09. The first kappa shape index (κ1) is 17.8. The highest BCUT2D eigenvalue weighted by molar-refractivity contribution is 5.80. The minimum absolute atomic E-state index is 0.181. The van der Waals surface area contributed by atoms with E-state index in [0.29, 0.717) is 11.4 Å². The van der Waals surface area contributed by atoms with Crippen LogP contribution in [-0.2, 0) is 25.3 Å². The molecule has 136 valence electrons. The van der Waals surface area contributed by atoms with E-state index in [2.05, 4.69) is 15.4 Å². The first-order valence-corrected chi connectivity index (χ1v) is 8.38. The standard InChI is InChI=1S/C19H22FN5O/c1-12-15(13(2)25(4)23-12)11-17(26)22-18(19-21-9-10-24(19)3)14-7-5-6-8-16(14)20/h5-10,18H,11H2,1-4H3,(H,22,26)/t18-/m0/s1. The molecule has 0 radical (unpaired) electrons. The molecule has 1 aromatic carbocycles. The SMILES string of the molecule is Cc1nn(C)c(C)c1CC(=O)N[C@@H](c1ccccc1F)c1nccn1C. The van der Waals surface area contributed by atoms with Gasteiger partial charge < -0.3 is 9.88 Å². The Bertz CT molecular complexity index is 943. The molecule has 0 saturated heterocycles. The molecule has 6 nitrogen and oxygen atoms in total. The Balaban J connectivity index is 1.90. The number of nitrogens with zero attached hydrogens (tertiary/aromatic N) is 4. The van der Waals surface area contributed by atoms with Gasteiger partial charge in [-0.25, -0.2) is 9.37 Å². The van der Waals surface area contributed by atoms with Crippen LogP contribution in [0.5, 0.6) is 0 Å². The first-order valence-electron chi connectivity index (χ1n) is 8.38. The lowest BCUT2D eigenvalue weighted by molar-refractivity contribution is -0.121. The lowest BCUT2D eigenvalue weighted by atomic mass is 10.0. The Morgan fingerprint density at radius 1 is 1.27 bits per heavy atom. The molecule has 0 saturated carbocycles. The molecule has 0 aliphatic carbocycles. The van der Waals surface area contributed by atoms with E-state index in [0.717, 1.165) is 17.0 Å². The molecule has 0 bridgehead atoms. The Morgan fingerprint density at radius 3 is 2.58 bits per heavy atom.